The van der Waals surface area contributed by atoms with Crippen LogP contribution in [0, 0.1) is 0 Å². The third-order valence-electron chi connectivity index (χ3n) is 11.6. The smallest absolute Gasteiger partial charge is 0.0714 e. The van der Waals surface area contributed by atoms with E-state index < -0.39 is 5.41 Å². The Labute approximate surface area is 315 Å². The first kappa shape index (κ1) is 30.6. The van der Waals surface area contributed by atoms with Gasteiger partial charge in [-0.1, -0.05) is 158 Å². The summed E-state index contributed by atoms with van der Waals surface area (Å²) in [5, 5.41) is 10.2. The Morgan fingerprint density at radius 1 is 0.278 bits per heavy atom. The number of benzene rings is 10. The molecule has 1 aliphatic carbocycles. The van der Waals surface area contributed by atoms with E-state index in [2.05, 4.69) is 217 Å². The van der Waals surface area contributed by atoms with E-state index in [1.807, 2.05) is 0 Å². The molecular formula is C53H35N. The number of hydrogen-bond acceptors (Lipinski definition) is 1. The molecule has 0 N–H and O–H groups in total. The van der Waals surface area contributed by atoms with Crippen molar-refractivity contribution in [3.05, 3.63) is 235 Å². The van der Waals surface area contributed by atoms with Gasteiger partial charge in [-0.3, -0.25) is 0 Å². The Balaban J connectivity index is 1.08. The molecule has 0 saturated carbocycles. The maximum Gasteiger partial charge on any atom is 0.0714 e. The molecule has 0 amide bonds. The summed E-state index contributed by atoms with van der Waals surface area (Å²) in [4.78, 5) is 2.36. The molecule has 0 fully saturated rings. The lowest BCUT2D eigenvalue weighted by Crippen LogP contribution is -2.28. The third kappa shape index (κ3) is 4.58. The van der Waals surface area contributed by atoms with Crippen LogP contribution in [0.3, 0.4) is 0 Å². The van der Waals surface area contributed by atoms with Crippen molar-refractivity contribution in [3.63, 3.8) is 0 Å². The maximum atomic E-state index is 2.48. The van der Waals surface area contributed by atoms with Crippen molar-refractivity contribution in [1.29, 1.82) is 0 Å². The van der Waals surface area contributed by atoms with Crippen LogP contribution in [0.15, 0.2) is 212 Å². The molecule has 0 radical (unpaired) electrons. The van der Waals surface area contributed by atoms with Crippen molar-refractivity contribution < 1.29 is 0 Å². The first-order valence-electron chi connectivity index (χ1n) is 18.8. The molecule has 0 aromatic heterocycles. The molecule has 0 saturated heterocycles. The summed E-state index contributed by atoms with van der Waals surface area (Å²) in [5.74, 6) is 0. The monoisotopic (exact) mass is 685 g/mol. The number of anilines is 3. The van der Waals surface area contributed by atoms with Crippen molar-refractivity contribution >= 4 is 60.2 Å². The van der Waals surface area contributed by atoms with E-state index >= 15 is 0 Å². The maximum absolute atomic E-state index is 2.48. The molecule has 1 aliphatic rings. The largest absolute Gasteiger partial charge is 0.310 e. The van der Waals surface area contributed by atoms with Crippen LogP contribution in [-0.4, -0.2) is 0 Å². The van der Waals surface area contributed by atoms with Gasteiger partial charge in [0.05, 0.1) is 5.41 Å². The van der Waals surface area contributed by atoms with Gasteiger partial charge in [-0.2, -0.15) is 0 Å². The zero-order chi connectivity index (χ0) is 35.6. The lowest BCUT2D eigenvalue weighted by atomic mass is 9.67. The predicted octanol–water partition coefficient (Wildman–Crippen LogP) is 14.1. The van der Waals surface area contributed by atoms with Crippen molar-refractivity contribution in [2.24, 2.45) is 0 Å². The minimum absolute atomic E-state index is 0.435. The molecule has 10 aromatic carbocycles. The molecule has 54 heavy (non-hydrogen) atoms. The number of fused-ring (bicyclic) bond motifs is 2. The second kappa shape index (κ2) is 12.0. The molecule has 252 valence electrons. The second-order valence-electron chi connectivity index (χ2n) is 14.5. The Kier molecular flexibility index (Phi) is 6.84. The Hall–Kier alpha value is -6.96. The predicted molar refractivity (Wildman–Crippen MR) is 228 cm³/mol. The number of rotatable bonds is 6. The van der Waals surface area contributed by atoms with Crippen LogP contribution >= 0.6 is 0 Å². The quantitative estimate of drug-likeness (QED) is 0.158. The lowest BCUT2D eigenvalue weighted by Gasteiger charge is -2.34. The molecule has 0 atom stereocenters. The summed E-state index contributed by atoms with van der Waals surface area (Å²) in [6, 6.07) is 78.3. The third-order valence-corrected chi connectivity index (χ3v) is 11.6. The summed E-state index contributed by atoms with van der Waals surface area (Å²) in [6.07, 6.45) is 0. The van der Waals surface area contributed by atoms with E-state index in [0.717, 1.165) is 17.1 Å². The van der Waals surface area contributed by atoms with Gasteiger partial charge in [0.1, 0.15) is 0 Å². The molecule has 11 rings (SSSR count). The normalized spacial score (nSPS) is 13.0. The number of hydrogen-bond donors (Lipinski definition) is 0. The SMILES string of the molecule is c1ccc(N(c2ccc3ccccc3c2)c2ccc3cc(-c4cc5c6c(ccc7cccc(c76)C5(c5ccccc5)c5ccccc5)c4)ccc3c2)cc1. The molecule has 0 unspecified atom stereocenters. The van der Waals surface area contributed by atoms with Gasteiger partial charge in [-0.05, 0) is 131 Å². The van der Waals surface area contributed by atoms with Gasteiger partial charge >= 0.3 is 0 Å². The minimum atomic E-state index is -0.435. The van der Waals surface area contributed by atoms with Gasteiger partial charge in [0, 0.05) is 17.1 Å². The zero-order valence-electron chi connectivity index (χ0n) is 29.7. The highest BCUT2D eigenvalue weighted by Gasteiger charge is 2.45. The van der Waals surface area contributed by atoms with Crippen molar-refractivity contribution in [2.45, 2.75) is 5.41 Å². The molecule has 1 heteroatoms. The highest BCUT2D eigenvalue weighted by molar-refractivity contribution is 6.17. The van der Waals surface area contributed by atoms with Crippen LogP contribution in [0.25, 0.3) is 54.2 Å². The Bertz CT molecular complexity index is 3000. The minimum Gasteiger partial charge on any atom is -0.310 e. The van der Waals surface area contributed by atoms with Crippen LogP contribution in [0.2, 0.25) is 0 Å². The highest BCUT2D eigenvalue weighted by atomic mass is 15.1. The van der Waals surface area contributed by atoms with Gasteiger partial charge in [-0.15, -0.1) is 0 Å². The van der Waals surface area contributed by atoms with E-state index in [0.29, 0.717) is 0 Å². The Morgan fingerprint density at radius 3 is 1.50 bits per heavy atom. The fourth-order valence-corrected chi connectivity index (χ4v) is 9.22. The first-order chi connectivity index (χ1) is 26.8. The summed E-state index contributed by atoms with van der Waals surface area (Å²) >= 11 is 0. The molecule has 10 aromatic rings. The van der Waals surface area contributed by atoms with E-state index in [4.69, 9.17) is 0 Å². The topological polar surface area (TPSA) is 3.24 Å². The van der Waals surface area contributed by atoms with Crippen LogP contribution in [0.4, 0.5) is 17.1 Å². The van der Waals surface area contributed by atoms with Crippen molar-refractivity contribution in [2.75, 3.05) is 4.90 Å². The van der Waals surface area contributed by atoms with Crippen molar-refractivity contribution in [1.82, 2.24) is 0 Å². The second-order valence-corrected chi connectivity index (χ2v) is 14.5. The zero-order valence-corrected chi connectivity index (χ0v) is 29.7. The average Bonchev–Trinajstić information content (AvgIpc) is 3.55. The van der Waals surface area contributed by atoms with Gasteiger partial charge in [0.25, 0.3) is 0 Å². The first-order valence-corrected chi connectivity index (χ1v) is 18.8. The van der Waals surface area contributed by atoms with Crippen LogP contribution < -0.4 is 4.90 Å². The van der Waals surface area contributed by atoms with E-state index in [1.165, 1.54) is 76.5 Å². The lowest BCUT2D eigenvalue weighted by molar-refractivity contribution is 0.771. The van der Waals surface area contributed by atoms with Crippen molar-refractivity contribution in [3.8, 4) is 11.1 Å². The summed E-state index contributed by atoms with van der Waals surface area (Å²) < 4.78 is 0. The summed E-state index contributed by atoms with van der Waals surface area (Å²) in [7, 11) is 0. The Morgan fingerprint density at radius 2 is 0.778 bits per heavy atom. The van der Waals surface area contributed by atoms with Crippen LogP contribution in [-0.2, 0) is 5.41 Å². The number of nitrogens with zero attached hydrogens (tertiary/aromatic N) is 1. The van der Waals surface area contributed by atoms with Gasteiger partial charge in [0.15, 0.2) is 0 Å². The number of para-hydroxylation sites is 1. The van der Waals surface area contributed by atoms with Crippen LogP contribution in [0.5, 0.6) is 0 Å². The summed E-state index contributed by atoms with van der Waals surface area (Å²) in [5.41, 5.74) is 10.7. The fraction of sp³-hybridized carbons (Fsp3) is 0.0189. The van der Waals surface area contributed by atoms with E-state index in [-0.39, 0.29) is 0 Å². The molecule has 1 nitrogen and oxygen atoms in total. The molecule has 0 aliphatic heterocycles. The fourth-order valence-electron chi connectivity index (χ4n) is 9.22. The average molecular weight is 686 g/mol. The van der Waals surface area contributed by atoms with E-state index in [1.54, 1.807) is 0 Å². The van der Waals surface area contributed by atoms with Crippen LogP contribution in [0.1, 0.15) is 22.3 Å². The van der Waals surface area contributed by atoms with Gasteiger partial charge in [0.2, 0.25) is 0 Å². The molecule has 0 heterocycles. The van der Waals surface area contributed by atoms with Gasteiger partial charge in [-0.25, -0.2) is 0 Å². The molecule has 0 bridgehead atoms. The molecular weight excluding hydrogens is 651 g/mol. The standard InChI is InChI=1S/C53H35N/c1-4-16-44(17-5-1)53(45-18-6-2-7-19-45)49-22-12-15-37-23-26-42-32-43(35-50(53)52(42)51(37)49)40-24-25-41-34-48(30-28-39(41)31-40)54(46-20-8-3-9-21-46)47-29-27-36-13-10-11-14-38(36)33-47/h1-35H. The van der Waals surface area contributed by atoms with Gasteiger partial charge < -0.3 is 4.90 Å². The highest BCUT2D eigenvalue weighted by Crippen LogP contribution is 2.56. The summed E-state index contributed by atoms with van der Waals surface area (Å²) in [6.45, 7) is 0. The molecule has 0 spiro atoms. The van der Waals surface area contributed by atoms with E-state index in [9.17, 15) is 0 Å².